The molecule has 2 saturated heterocycles. The quantitative estimate of drug-likeness (QED) is 0.558. The minimum atomic E-state index is 0.452. The zero-order valence-electron chi connectivity index (χ0n) is 8.13. The predicted molar refractivity (Wildman–Crippen MR) is 61.0 cm³/mol. The maximum atomic E-state index is 5.26. The van der Waals surface area contributed by atoms with Crippen molar-refractivity contribution in [1.82, 2.24) is 8.01 Å². The third-order valence-electron chi connectivity index (χ3n) is 2.82. The van der Waals surface area contributed by atoms with Crippen molar-refractivity contribution >= 4 is 22.9 Å². The van der Waals surface area contributed by atoms with Gasteiger partial charge >= 0.3 is 0 Å². The average molecular weight is 296 g/mol. The molecule has 0 radical (unpaired) electrons. The van der Waals surface area contributed by atoms with E-state index in [4.69, 9.17) is 4.74 Å². The molecule has 0 aromatic rings. The van der Waals surface area contributed by atoms with E-state index in [1.807, 2.05) is 0 Å². The molecule has 3 nitrogen and oxygen atoms in total. The molecule has 13 heavy (non-hydrogen) atoms. The van der Waals surface area contributed by atoms with Crippen LogP contribution in [0, 0.1) is 5.41 Å². The lowest BCUT2D eigenvalue weighted by Gasteiger charge is -2.43. The summed E-state index contributed by atoms with van der Waals surface area (Å²) < 4.78 is 7.63. The SMILES string of the molecule is CC1(CN2CCN(I)CC2)COC1. The highest BCUT2D eigenvalue weighted by Crippen LogP contribution is 2.27. The lowest BCUT2D eigenvalue weighted by atomic mass is 9.88. The van der Waals surface area contributed by atoms with Crippen LogP contribution in [-0.4, -0.2) is 54.0 Å². The molecule has 0 atom stereocenters. The van der Waals surface area contributed by atoms with Gasteiger partial charge in [0, 0.05) is 61.0 Å². The Morgan fingerprint density at radius 2 is 1.85 bits per heavy atom. The molecule has 2 rings (SSSR count). The summed E-state index contributed by atoms with van der Waals surface area (Å²) in [7, 11) is 0. The van der Waals surface area contributed by atoms with Gasteiger partial charge in [0.2, 0.25) is 0 Å². The van der Waals surface area contributed by atoms with Gasteiger partial charge in [-0.05, 0) is 0 Å². The molecule has 0 aliphatic carbocycles. The number of nitrogens with zero attached hydrogens (tertiary/aromatic N) is 2. The van der Waals surface area contributed by atoms with Crippen molar-refractivity contribution in [2.24, 2.45) is 5.41 Å². The minimum Gasteiger partial charge on any atom is -0.380 e. The zero-order chi connectivity index (χ0) is 9.31. The van der Waals surface area contributed by atoms with Crippen LogP contribution in [0.4, 0.5) is 0 Å². The van der Waals surface area contributed by atoms with Gasteiger partial charge in [0.1, 0.15) is 0 Å². The van der Waals surface area contributed by atoms with E-state index in [2.05, 4.69) is 37.8 Å². The van der Waals surface area contributed by atoms with Gasteiger partial charge in [-0.1, -0.05) is 6.92 Å². The molecular formula is C9H17IN2O. The molecule has 0 unspecified atom stereocenters. The molecule has 4 heteroatoms. The van der Waals surface area contributed by atoms with Crippen molar-refractivity contribution in [2.75, 3.05) is 45.9 Å². The van der Waals surface area contributed by atoms with Crippen LogP contribution >= 0.6 is 22.9 Å². The van der Waals surface area contributed by atoms with E-state index in [9.17, 15) is 0 Å². The summed E-state index contributed by atoms with van der Waals surface area (Å²) in [4.78, 5) is 2.57. The summed E-state index contributed by atoms with van der Waals surface area (Å²) in [5, 5.41) is 0. The predicted octanol–water partition coefficient (Wildman–Crippen LogP) is 0.990. The Morgan fingerprint density at radius 1 is 1.23 bits per heavy atom. The van der Waals surface area contributed by atoms with E-state index in [1.165, 1.54) is 32.7 Å². The molecule has 2 aliphatic rings. The first kappa shape index (κ1) is 10.1. The van der Waals surface area contributed by atoms with Gasteiger partial charge in [-0.15, -0.1) is 0 Å². The van der Waals surface area contributed by atoms with Crippen molar-refractivity contribution in [3.63, 3.8) is 0 Å². The van der Waals surface area contributed by atoms with Gasteiger partial charge < -0.3 is 9.64 Å². The van der Waals surface area contributed by atoms with Crippen LogP contribution in [0.1, 0.15) is 6.92 Å². The maximum absolute atomic E-state index is 5.26. The van der Waals surface area contributed by atoms with E-state index >= 15 is 0 Å². The fourth-order valence-corrected chi connectivity index (χ4v) is 2.39. The van der Waals surface area contributed by atoms with Crippen LogP contribution in [0.25, 0.3) is 0 Å². The van der Waals surface area contributed by atoms with Gasteiger partial charge in [-0.2, -0.15) is 0 Å². The van der Waals surface area contributed by atoms with Crippen molar-refractivity contribution in [1.29, 1.82) is 0 Å². The third-order valence-corrected chi connectivity index (χ3v) is 3.79. The highest BCUT2D eigenvalue weighted by molar-refractivity contribution is 14.1. The second kappa shape index (κ2) is 4.00. The molecular weight excluding hydrogens is 279 g/mol. The highest BCUT2D eigenvalue weighted by Gasteiger charge is 2.35. The average Bonchev–Trinajstić information content (AvgIpc) is 2.06. The topological polar surface area (TPSA) is 15.7 Å². The number of halogens is 1. The van der Waals surface area contributed by atoms with Crippen LogP contribution < -0.4 is 0 Å². The van der Waals surface area contributed by atoms with Gasteiger partial charge in [0.25, 0.3) is 0 Å². The van der Waals surface area contributed by atoms with E-state index in [0.29, 0.717) is 5.41 Å². The first-order chi connectivity index (χ1) is 6.18. The zero-order valence-corrected chi connectivity index (χ0v) is 10.3. The fraction of sp³-hybridized carbons (Fsp3) is 1.00. The molecule has 0 aromatic carbocycles. The van der Waals surface area contributed by atoms with E-state index in [0.717, 1.165) is 13.2 Å². The Bertz CT molecular complexity index is 176. The first-order valence-corrected chi connectivity index (χ1v) is 5.85. The van der Waals surface area contributed by atoms with Crippen LogP contribution in [0.3, 0.4) is 0 Å². The van der Waals surface area contributed by atoms with Crippen molar-refractivity contribution in [3.8, 4) is 0 Å². The lowest BCUT2D eigenvalue weighted by Crippen LogP contribution is -2.52. The van der Waals surface area contributed by atoms with E-state index in [1.54, 1.807) is 0 Å². The summed E-state index contributed by atoms with van der Waals surface area (Å²) >= 11 is 2.41. The second-order valence-electron chi connectivity index (χ2n) is 4.49. The molecule has 2 heterocycles. The molecule has 0 spiro atoms. The molecule has 0 N–H and O–H groups in total. The number of piperazine rings is 1. The fourth-order valence-electron chi connectivity index (χ4n) is 1.96. The first-order valence-electron chi connectivity index (χ1n) is 4.89. The number of rotatable bonds is 2. The Labute approximate surface area is 93.9 Å². The van der Waals surface area contributed by atoms with Gasteiger partial charge in [0.05, 0.1) is 13.2 Å². The summed E-state index contributed by atoms with van der Waals surface area (Å²) in [6.45, 7) is 10.3. The lowest BCUT2D eigenvalue weighted by molar-refractivity contribution is -0.116. The monoisotopic (exact) mass is 296 g/mol. The number of ether oxygens (including phenoxy) is 1. The van der Waals surface area contributed by atoms with Crippen molar-refractivity contribution in [3.05, 3.63) is 0 Å². The van der Waals surface area contributed by atoms with E-state index in [-0.39, 0.29) is 0 Å². The van der Waals surface area contributed by atoms with Crippen LogP contribution in [0.15, 0.2) is 0 Å². The third kappa shape index (κ3) is 2.55. The Balaban J connectivity index is 1.76. The molecule has 76 valence electrons. The smallest absolute Gasteiger partial charge is 0.0554 e. The van der Waals surface area contributed by atoms with Gasteiger partial charge in [-0.25, -0.2) is 3.11 Å². The summed E-state index contributed by atoms with van der Waals surface area (Å²) in [5.74, 6) is 0. The number of hydrogen-bond acceptors (Lipinski definition) is 3. The van der Waals surface area contributed by atoms with Crippen molar-refractivity contribution < 1.29 is 4.74 Å². The maximum Gasteiger partial charge on any atom is 0.0554 e. The van der Waals surface area contributed by atoms with Crippen molar-refractivity contribution in [2.45, 2.75) is 6.92 Å². The van der Waals surface area contributed by atoms with Crippen LogP contribution in [0.2, 0.25) is 0 Å². The van der Waals surface area contributed by atoms with E-state index < -0.39 is 0 Å². The minimum absolute atomic E-state index is 0.452. The summed E-state index contributed by atoms with van der Waals surface area (Å²) in [6, 6.07) is 0. The molecule has 2 aliphatic heterocycles. The largest absolute Gasteiger partial charge is 0.380 e. The normalized spacial score (nSPS) is 30.0. The molecule has 0 bridgehead atoms. The molecule has 0 saturated carbocycles. The van der Waals surface area contributed by atoms with Crippen LogP contribution in [-0.2, 0) is 4.74 Å². The number of hydrogen-bond donors (Lipinski definition) is 0. The second-order valence-corrected chi connectivity index (χ2v) is 5.85. The Morgan fingerprint density at radius 3 is 2.31 bits per heavy atom. The van der Waals surface area contributed by atoms with Gasteiger partial charge in [-0.3, -0.25) is 0 Å². The highest BCUT2D eigenvalue weighted by atomic mass is 127. The Kier molecular flexibility index (Phi) is 3.12. The standard InChI is InChI=1S/C9H17IN2O/c1-9(7-13-8-9)6-11-2-4-12(10)5-3-11/h2-8H2,1H3. The van der Waals surface area contributed by atoms with Gasteiger partial charge in [0.15, 0.2) is 0 Å². The molecule has 2 fully saturated rings. The molecule has 0 amide bonds. The summed E-state index contributed by atoms with van der Waals surface area (Å²) in [6.07, 6.45) is 0. The Hall–Kier alpha value is 0.610. The molecule has 0 aromatic heterocycles. The van der Waals surface area contributed by atoms with Crippen LogP contribution in [0.5, 0.6) is 0 Å². The summed E-state index contributed by atoms with van der Waals surface area (Å²) in [5.41, 5.74) is 0.452.